The number of aromatic nitrogens is 4. The molecule has 0 aliphatic carbocycles. The van der Waals surface area contributed by atoms with Gasteiger partial charge < -0.3 is 5.32 Å². The largest absolute Gasteiger partial charge is 0.351 e. The SMILES string of the molecule is CC(=O)NCc1ccc(C(=O)CSc2nnnn2-c2cccc(F)c2)s1. The Morgan fingerprint density at radius 2 is 2.15 bits per heavy atom. The Kier molecular flexibility index (Phi) is 5.74. The van der Waals surface area contributed by atoms with Crippen LogP contribution in [-0.4, -0.2) is 37.7 Å². The lowest BCUT2D eigenvalue weighted by Gasteiger charge is -2.03. The normalized spacial score (nSPS) is 10.7. The van der Waals surface area contributed by atoms with E-state index in [-0.39, 0.29) is 17.4 Å². The van der Waals surface area contributed by atoms with E-state index in [0.29, 0.717) is 22.3 Å². The lowest BCUT2D eigenvalue weighted by molar-refractivity contribution is -0.119. The number of benzene rings is 1. The fourth-order valence-electron chi connectivity index (χ4n) is 2.07. The average molecular weight is 391 g/mol. The predicted octanol–water partition coefficient (Wildman–Crippen LogP) is 2.47. The Hall–Kier alpha value is -2.59. The lowest BCUT2D eigenvalue weighted by atomic mass is 10.3. The van der Waals surface area contributed by atoms with Crippen LogP contribution in [-0.2, 0) is 11.3 Å². The molecule has 1 aromatic carbocycles. The molecule has 0 atom stereocenters. The number of halogens is 1. The van der Waals surface area contributed by atoms with Crippen LogP contribution in [0, 0.1) is 5.82 Å². The highest BCUT2D eigenvalue weighted by Gasteiger charge is 2.15. The molecule has 0 bridgehead atoms. The van der Waals surface area contributed by atoms with E-state index >= 15 is 0 Å². The van der Waals surface area contributed by atoms with Gasteiger partial charge in [-0.05, 0) is 40.8 Å². The van der Waals surface area contributed by atoms with Gasteiger partial charge in [0.15, 0.2) is 5.78 Å². The van der Waals surface area contributed by atoms with Crippen molar-refractivity contribution in [3.8, 4) is 5.69 Å². The zero-order valence-electron chi connectivity index (χ0n) is 13.7. The van der Waals surface area contributed by atoms with Gasteiger partial charge in [-0.3, -0.25) is 9.59 Å². The molecule has 0 spiro atoms. The molecule has 1 N–H and O–H groups in total. The molecule has 3 aromatic rings. The van der Waals surface area contributed by atoms with Crippen molar-refractivity contribution in [1.82, 2.24) is 25.5 Å². The highest BCUT2D eigenvalue weighted by atomic mass is 32.2. The van der Waals surface area contributed by atoms with Crippen LogP contribution in [0.2, 0.25) is 0 Å². The number of thioether (sulfide) groups is 1. The van der Waals surface area contributed by atoms with Gasteiger partial charge in [0, 0.05) is 11.8 Å². The second kappa shape index (κ2) is 8.19. The first-order chi connectivity index (χ1) is 12.5. The number of nitrogens with one attached hydrogen (secondary N) is 1. The minimum atomic E-state index is -0.393. The number of rotatable bonds is 7. The van der Waals surface area contributed by atoms with Crippen molar-refractivity contribution in [2.75, 3.05) is 5.75 Å². The summed E-state index contributed by atoms with van der Waals surface area (Å²) in [5, 5.41) is 14.4. The first-order valence-electron chi connectivity index (χ1n) is 7.56. The monoisotopic (exact) mass is 391 g/mol. The van der Waals surface area contributed by atoms with Gasteiger partial charge in [0.1, 0.15) is 5.82 Å². The van der Waals surface area contributed by atoms with E-state index in [2.05, 4.69) is 20.8 Å². The maximum Gasteiger partial charge on any atom is 0.217 e. The minimum absolute atomic E-state index is 0.0668. The number of amides is 1. The summed E-state index contributed by atoms with van der Waals surface area (Å²) in [5.41, 5.74) is 0.485. The summed E-state index contributed by atoms with van der Waals surface area (Å²) >= 11 is 2.51. The summed E-state index contributed by atoms with van der Waals surface area (Å²) in [7, 11) is 0. The molecule has 1 amide bonds. The van der Waals surface area contributed by atoms with E-state index in [1.54, 1.807) is 18.2 Å². The maximum absolute atomic E-state index is 13.4. The number of hydrogen-bond donors (Lipinski definition) is 1. The lowest BCUT2D eigenvalue weighted by Crippen LogP contribution is -2.18. The highest BCUT2D eigenvalue weighted by molar-refractivity contribution is 7.99. The van der Waals surface area contributed by atoms with Gasteiger partial charge >= 0.3 is 0 Å². The molecule has 0 aliphatic rings. The molecular weight excluding hydrogens is 377 g/mol. The van der Waals surface area contributed by atoms with Crippen LogP contribution < -0.4 is 5.32 Å². The third-order valence-corrected chi connectivity index (χ3v) is 5.32. The summed E-state index contributed by atoms with van der Waals surface area (Å²) in [6.45, 7) is 1.84. The molecule has 26 heavy (non-hydrogen) atoms. The summed E-state index contributed by atoms with van der Waals surface area (Å²) in [6, 6.07) is 9.44. The van der Waals surface area contributed by atoms with Gasteiger partial charge in [0.05, 0.1) is 22.9 Å². The van der Waals surface area contributed by atoms with Crippen molar-refractivity contribution in [2.24, 2.45) is 0 Å². The fourth-order valence-corrected chi connectivity index (χ4v) is 3.82. The van der Waals surface area contributed by atoms with Crippen LogP contribution in [0.25, 0.3) is 5.69 Å². The summed E-state index contributed by atoms with van der Waals surface area (Å²) in [4.78, 5) is 24.8. The zero-order chi connectivity index (χ0) is 18.5. The fraction of sp³-hybridized carbons (Fsp3) is 0.188. The van der Waals surface area contributed by atoms with Crippen LogP contribution in [0.3, 0.4) is 0 Å². The molecule has 7 nitrogen and oxygen atoms in total. The molecule has 2 aromatic heterocycles. The highest BCUT2D eigenvalue weighted by Crippen LogP contribution is 2.23. The van der Waals surface area contributed by atoms with Crippen molar-refractivity contribution in [3.63, 3.8) is 0 Å². The second-order valence-corrected chi connectivity index (χ2v) is 7.35. The third-order valence-electron chi connectivity index (χ3n) is 3.27. The van der Waals surface area contributed by atoms with Crippen LogP contribution in [0.5, 0.6) is 0 Å². The van der Waals surface area contributed by atoms with Crippen molar-refractivity contribution in [3.05, 3.63) is 52.0 Å². The minimum Gasteiger partial charge on any atom is -0.351 e. The van der Waals surface area contributed by atoms with Gasteiger partial charge in [-0.15, -0.1) is 16.4 Å². The van der Waals surface area contributed by atoms with Gasteiger partial charge in [-0.1, -0.05) is 17.8 Å². The molecule has 0 fully saturated rings. The summed E-state index contributed by atoms with van der Waals surface area (Å²) in [6.07, 6.45) is 0. The molecule has 0 unspecified atom stereocenters. The van der Waals surface area contributed by atoms with E-state index in [1.165, 1.54) is 46.8 Å². The van der Waals surface area contributed by atoms with Crippen molar-refractivity contribution in [1.29, 1.82) is 0 Å². The Balaban J connectivity index is 1.64. The number of ketones is 1. The molecule has 10 heteroatoms. The third kappa shape index (κ3) is 4.52. The topological polar surface area (TPSA) is 89.8 Å². The average Bonchev–Trinajstić information content (AvgIpc) is 3.27. The number of carbonyl (C=O) groups excluding carboxylic acids is 2. The number of thiophene rings is 1. The van der Waals surface area contributed by atoms with Crippen LogP contribution >= 0.6 is 23.1 Å². The Labute approximate surface area is 156 Å². The van der Waals surface area contributed by atoms with Crippen LogP contribution in [0.15, 0.2) is 41.6 Å². The van der Waals surface area contributed by atoms with Gasteiger partial charge in [-0.2, -0.15) is 4.68 Å². The van der Waals surface area contributed by atoms with Crippen molar-refractivity contribution in [2.45, 2.75) is 18.6 Å². The van der Waals surface area contributed by atoms with Crippen molar-refractivity contribution >= 4 is 34.8 Å². The van der Waals surface area contributed by atoms with E-state index in [4.69, 9.17) is 0 Å². The number of tetrazole rings is 1. The standard InChI is InChI=1S/C16H14FN5O2S2/c1-10(23)18-8-13-5-6-15(26-13)14(24)9-25-16-19-20-21-22(16)12-4-2-3-11(17)7-12/h2-7H,8-9H2,1H3,(H,18,23). The molecule has 2 heterocycles. The quantitative estimate of drug-likeness (QED) is 0.492. The van der Waals surface area contributed by atoms with Gasteiger partial charge in [-0.25, -0.2) is 4.39 Å². The second-order valence-electron chi connectivity index (χ2n) is 5.24. The predicted molar refractivity (Wildman–Crippen MR) is 96.0 cm³/mol. The maximum atomic E-state index is 13.4. The first kappa shape index (κ1) is 18.2. The number of hydrogen-bond acceptors (Lipinski definition) is 7. The zero-order valence-corrected chi connectivity index (χ0v) is 15.3. The molecule has 3 rings (SSSR count). The molecule has 134 valence electrons. The Bertz CT molecular complexity index is 940. The number of Topliss-reactive ketones (excluding diaryl/α,β-unsaturated/α-hetero) is 1. The van der Waals surface area contributed by atoms with Gasteiger partial charge in [0.2, 0.25) is 11.1 Å². The number of carbonyl (C=O) groups is 2. The molecular formula is C16H14FN5O2S2. The Morgan fingerprint density at radius 1 is 1.31 bits per heavy atom. The molecule has 0 saturated carbocycles. The van der Waals surface area contributed by atoms with Gasteiger partial charge in [0.25, 0.3) is 0 Å². The summed E-state index contributed by atoms with van der Waals surface area (Å²) < 4.78 is 14.8. The molecule has 0 radical (unpaired) electrons. The van der Waals surface area contributed by atoms with Crippen LogP contribution in [0.4, 0.5) is 4.39 Å². The molecule has 0 aliphatic heterocycles. The van der Waals surface area contributed by atoms with E-state index in [1.807, 2.05) is 6.07 Å². The van der Waals surface area contributed by atoms with Crippen LogP contribution in [0.1, 0.15) is 21.5 Å². The van der Waals surface area contributed by atoms with E-state index in [0.717, 1.165) is 4.88 Å². The Morgan fingerprint density at radius 3 is 2.92 bits per heavy atom. The van der Waals surface area contributed by atoms with E-state index in [9.17, 15) is 14.0 Å². The summed E-state index contributed by atoms with van der Waals surface area (Å²) in [5.74, 6) is -0.431. The first-order valence-corrected chi connectivity index (χ1v) is 9.36. The number of nitrogens with zero attached hydrogens (tertiary/aromatic N) is 4. The smallest absolute Gasteiger partial charge is 0.217 e. The van der Waals surface area contributed by atoms with E-state index < -0.39 is 5.82 Å². The van der Waals surface area contributed by atoms with Crippen molar-refractivity contribution < 1.29 is 14.0 Å². The molecule has 0 saturated heterocycles.